The number of ether oxygens (including phenoxy) is 2. The van der Waals surface area contributed by atoms with Crippen LogP contribution in [0.4, 0.5) is 5.00 Å². The Balaban J connectivity index is 1.41. The lowest BCUT2D eigenvalue weighted by atomic mass is 9.92. The van der Waals surface area contributed by atoms with E-state index in [1.807, 2.05) is 31.2 Å². The first-order valence-electron chi connectivity index (χ1n) is 12.0. The lowest BCUT2D eigenvalue weighted by molar-refractivity contribution is 0.0252. The van der Waals surface area contributed by atoms with Gasteiger partial charge in [-0.1, -0.05) is 29.8 Å². The minimum Gasteiger partial charge on any atom is -0.462 e. The number of hydrogen-bond acceptors (Lipinski definition) is 6. The Bertz CT molecular complexity index is 1310. The Labute approximate surface area is 208 Å². The summed E-state index contributed by atoms with van der Waals surface area (Å²) in [6, 6.07) is 12.9. The zero-order chi connectivity index (χ0) is 24.5. The van der Waals surface area contributed by atoms with Crippen LogP contribution in [0.25, 0.3) is 0 Å². The van der Waals surface area contributed by atoms with Crippen LogP contribution < -0.4 is 5.32 Å². The van der Waals surface area contributed by atoms with Crippen LogP contribution >= 0.6 is 11.3 Å². The first-order chi connectivity index (χ1) is 16.9. The number of rotatable bonds is 5. The fraction of sp³-hybridized carbons (Fsp3) is 0.321. The second-order valence-electron chi connectivity index (χ2n) is 8.97. The number of amides is 1. The van der Waals surface area contributed by atoms with Crippen LogP contribution in [-0.2, 0) is 28.7 Å². The zero-order valence-corrected chi connectivity index (χ0v) is 20.6. The van der Waals surface area contributed by atoms with E-state index >= 15 is 0 Å². The summed E-state index contributed by atoms with van der Waals surface area (Å²) >= 11 is 1.46. The highest BCUT2D eigenvalue weighted by molar-refractivity contribution is 7.17. The van der Waals surface area contributed by atoms with E-state index in [0.717, 1.165) is 52.8 Å². The highest BCUT2D eigenvalue weighted by atomic mass is 32.1. The molecule has 0 unspecified atom stereocenters. The third-order valence-electron chi connectivity index (χ3n) is 6.57. The molecule has 1 atom stereocenters. The van der Waals surface area contributed by atoms with Gasteiger partial charge in [-0.25, -0.2) is 9.59 Å². The monoisotopic (exact) mass is 489 g/mol. The van der Waals surface area contributed by atoms with Crippen LogP contribution in [0, 0.1) is 6.92 Å². The molecule has 1 aliphatic heterocycles. The maximum Gasteiger partial charge on any atom is 0.341 e. The van der Waals surface area contributed by atoms with Crippen molar-refractivity contribution in [3.63, 3.8) is 0 Å². The van der Waals surface area contributed by atoms with Crippen LogP contribution in [-0.4, -0.2) is 24.5 Å². The summed E-state index contributed by atoms with van der Waals surface area (Å²) in [6.07, 6.45) is 3.92. The lowest BCUT2D eigenvalue weighted by Crippen LogP contribution is -2.23. The molecule has 0 fully saturated rings. The summed E-state index contributed by atoms with van der Waals surface area (Å²) in [5.74, 6) is -1.10. The SMILES string of the molecule is CCOC(=O)c1c(NC(=O)c2ccc3c(c2)C[C@H](c2ccc(C)cc2)OC3=O)sc2c1CCCC2. The topological polar surface area (TPSA) is 81.7 Å². The van der Waals surface area contributed by atoms with E-state index in [2.05, 4.69) is 5.32 Å². The third kappa shape index (κ3) is 4.60. The fourth-order valence-corrected chi connectivity index (χ4v) is 6.02. The molecule has 0 saturated carbocycles. The molecule has 6 nitrogen and oxygen atoms in total. The molecule has 2 aromatic carbocycles. The number of carbonyl (C=O) groups is 3. The van der Waals surface area contributed by atoms with E-state index in [1.165, 1.54) is 11.3 Å². The molecule has 5 rings (SSSR count). The maximum atomic E-state index is 13.2. The van der Waals surface area contributed by atoms with Gasteiger partial charge in [-0.3, -0.25) is 4.79 Å². The predicted octanol–water partition coefficient (Wildman–Crippen LogP) is 5.82. The fourth-order valence-electron chi connectivity index (χ4n) is 4.75. The van der Waals surface area contributed by atoms with Crippen LogP contribution in [0.2, 0.25) is 0 Å². The molecule has 3 aromatic rings. The van der Waals surface area contributed by atoms with Gasteiger partial charge in [0.25, 0.3) is 5.91 Å². The Morgan fingerprint density at radius 1 is 1.11 bits per heavy atom. The van der Waals surface area contributed by atoms with Crippen LogP contribution in [0.1, 0.15) is 84.1 Å². The van der Waals surface area contributed by atoms with Gasteiger partial charge in [0.2, 0.25) is 0 Å². The number of thiophene rings is 1. The average molecular weight is 490 g/mol. The van der Waals surface area contributed by atoms with Crippen molar-refractivity contribution in [3.05, 3.63) is 86.3 Å². The predicted molar refractivity (Wildman–Crippen MR) is 134 cm³/mol. The first-order valence-corrected chi connectivity index (χ1v) is 12.8. The van der Waals surface area contributed by atoms with Crippen LogP contribution in [0.15, 0.2) is 42.5 Å². The molecule has 0 spiro atoms. The summed E-state index contributed by atoms with van der Waals surface area (Å²) in [5, 5.41) is 3.49. The quantitative estimate of drug-likeness (QED) is 0.457. The molecule has 35 heavy (non-hydrogen) atoms. The molecule has 0 bridgehead atoms. The van der Waals surface area contributed by atoms with E-state index in [-0.39, 0.29) is 18.5 Å². The number of esters is 2. The van der Waals surface area contributed by atoms with Crippen LogP contribution in [0.3, 0.4) is 0 Å². The molecular weight excluding hydrogens is 462 g/mol. The number of hydrogen-bond donors (Lipinski definition) is 1. The number of benzene rings is 2. The number of carbonyl (C=O) groups excluding carboxylic acids is 3. The Kier molecular flexibility index (Phi) is 6.43. The summed E-state index contributed by atoms with van der Waals surface area (Å²) < 4.78 is 10.9. The van der Waals surface area contributed by atoms with Crippen molar-refractivity contribution in [2.45, 2.75) is 52.1 Å². The van der Waals surface area contributed by atoms with Gasteiger partial charge in [0.05, 0.1) is 17.7 Å². The van der Waals surface area contributed by atoms with Crippen molar-refractivity contribution in [1.82, 2.24) is 0 Å². The summed E-state index contributed by atoms with van der Waals surface area (Å²) in [5.41, 5.74) is 5.23. The second kappa shape index (κ2) is 9.66. The highest BCUT2D eigenvalue weighted by Gasteiger charge is 2.30. The van der Waals surface area contributed by atoms with E-state index < -0.39 is 12.1 Å². The van der Waals surface area contributed by atoms with Gasteiger partial charge in [-0.2, -0.15) is 0 Å². The Hall–Kier alpha value is -3.45. The van der Waals surface area contributed by atoms with Gasteiger partial charge in [-0.05, 0) is 74.4 Å². The van der Waals surface area contributed by atoms with Crippen molar-refractivity contribution in [1.29, 1.82) is 0 Å². The Morgan fingerprint density at radius 3 is 2.66 bits per heavy atom. The van der Waals surface area contributed by atoms with Crippen molar-refractivity contribution in [2.75, 3.05) is 11.9 Å². The number of cyclic esters (lactones) is 1. The van der Waals surface area contributed by atoms with E-state index in [9.17, 15) is 14.4 Å². The third-order valence-corrected chi connectivity index (χ3v) is 7.78. The van der Waals surface area contributed by atoms with Gasteiger partial charge >= 0.3 is 11.9 Å². The number of nitrogens with one attached hydrogen (secondary N) is 1. The average Bonchev–Trinajstić information content (AvgIpc) is 3.22. The second-order valence-corrected chi connectivity index (χ2v) is 10.1. The number of anilines is 1. The summed E-state index contributed by atoms with van der Waals surface area (Å²) in [6.45, 7) is 4.06. The molecule has 2 heterocycles. The van der Waals surface area contributed by atoms with E-state index in [0.29, 0.717) is 28.1 Å². The molecule has 7 heteroatoms. The van der Waals surface area contributed by atoms with Gasteiger partial charge in [-0.15, -0.1) is 11.3 Å². The molecular formula is C28H27NO5S. The van der Waals surface area contributed by atoms with Gasteiger partial charge < -0.3 is 14.8 Å². The molecule has 0 saturated heterocycles. The molecule has 2 aliphatic rings. The van der Waals surface area contributed by atoms with Crippen LogP contribution in [0.5, 0.6) is 0 Å². The van der Waals surface area contributed by atoms with Gasteiger partial charge in [0, 0.05) is 16.9 Å². The minimum atomic E-state index is -0.395. The molecule has 180 valence electrons. The molecule has 0 radical (unpaired) electrons. The van der Waals surface area contributed by atoms with Crippen molar-refractivity contribution in [2.24, 2.45) is 0 Å². The van der Waals surface area contributed by atoms with Crippen molar-refractivity contribution < 1.29 is 23.9 Å². The summed E-state index contributed by atoms with van der Waals surface area (Å²) in [7, 11) is 0. The lowest BCUT2D eigenvalue weighted by Gasteiger charge is -2.25. The van der Waals surface area contributed by atoms with Crippen molar-refractivity contribution in [3.8, 4) is 0 Å². The van der Waals surface area contributed by atoms with Gasteiger partial charge in [0.1, 0.15) is 11.1 Å². The normalized spacial score (nSPS) is 16.6. The summed E-state index contributed by atoms with van der Waals surface area (Å²) in [4.78, 5) is 39.7. The zero-order valence-electron chi connectivity index (χ0n) is 19.8. The highest BCUT2D eigenvalue weighted by Crippen LogP contribution is 2.39. The molecule has 1 aliphatic carbocycles. The Morgan fingerprint density at radius 2 is 1.89 bits per heavy atom. The minimum absolute atomic E-state index is 0.278. The van der Waals surface area contributed by atoms with E-state index in [4.69, 9.17) is 9.47 Å². The smallest absolute Gasteiger partial charge is 0.341 e. The van der Waals surface area contributed by atoms with E-state index in [1.54, 1.807) is 25.1 Å². The number of fused-ring (bicyclic) bond motifs is 2. The van der Waals surface area contributed by atoms with Crippen molar-refractivity contribution >= 4 is 34.2 Å². The standard InChI is InChI=1S/C28H27NO5S/c1-3-33-28(32)24-21-6-4-5-7-23(21)35-26(24)29-25(30)18-12-13-20-19(14-18)15-22(34-27(20)31)17-10-8-16(2)9-11-17/h8-14,22H,3-7,15H2,1-2H3,(H,29,30)/t22-/m1/s1. The largest absolute Gasteiger partial charge is 0.462 e. The first kappa shape index (κ1) is 23.3. The number of aryl methyl sites for hydroxylation is 2. The maximum absolute atomic E-state index is 13.2. The van der Waals surface area contributed by atoms with Gasteiger partial charge in [0.15, 0.2) is 0 Å². The molecule has 1 amide bonds. The molecule has 1 aromatic heterocycles. The molecule has 1 N–H and O–H groups in total.